The van der Waals surface area contributed by atoms with Crippen LogP contribution in [0.1, 0.15) is 31.4 Å². The number of fused-ring (bicyclic) bond motifs is 1. The minimum Gasteiger partial charge on any atom is -0.490 e. The van der Waals surface area contributed by atoms with E-state index in [4.69, 9.17) is 19.6 Å². The third-order valence-corrected chi connectivity index (χ3v) is 5.42. The Balaban J connectivity index is 0.00000272. The lowest BCUT2D eigenvalue weighted by Gasteiger charge is -2.33. The van der Waals surface area contributed by atoms with E-state index < -0.39 is 5.54 Å². The molecule has 1 heterocycles. The second-order valence-electron chi connectivity index (χ2n) is 7.62. The molecule has 0 saturated carbocycles. The molecule has 3 aromatic rings. The Morgan fingerprint density at radius 1 is 0.968 bits per heavy atom. The molecule has 0 amide bonds. The Labute approximate surface area is 189 Å². The molecule has 1 aromatic heterocycles. The van der Waals surface area contributed by atoms with Gasteiger partial charge in [-0.2, -0.15) is 13.5 Å². The Morgan fingerprint density at radius 3 is 2.29 bits per heavy atom. The Morgan fingerprint density at radius 2 is 1.61 bits per heavy atom. The largest absolute Gasteiger partial charge is 0.490 e. The maximum atomic E-state index is 9.62. The molecule has 1 atom stereocenters. The first kappa shape index (κ1) is 23.1. The zero-order valence-corrected chi connectivity index (χ0v) is 18.9. The molecule has 7 nitrogen and oxygen atoms in total. The molecule has 31 heavy (non-hydrogen) atoms. The third-order valence-electron chi connectivity index (χ3n) is 5.42. The first-order valence-corrected chi connectivity index (χ1v) is 10.3. The van der Waals surface area contributed by atoms with Crippen molar-refractivity contribution in [3.63, 3.8) is 0 Å². The molecule has 4 rings (SSSR count). The smallest absolute Gasteiger partial charge is 0.248 e. The Hall–Kier alpha value is -2.55. The lowest BCUT2D eigenvalue weighted by Crippen LogP contribution is -2.48. The van der Waals surface area contributed by atoms with Gasteiger partial charge in [0.1, 0.15) is 0 Å². The highest BCUT2D eigenvalue weighted by Gasteiger charge is 2.30. The van der Waals surface area contributed by atoms with Crippen molar-refractivity contribution >= 4 is 13.5 Å². The summed E-state index contributed by atoms with van der Waals surface area (Å²) < 4.78 is 17.3. The maximum Gasteiger partial charge on any atom is 0.248 e. The summed E-state index contributed by atoms with van der Waals surface area (Å²) in [6, 6.07) is 11.7. The number of hydrogen-bond donors (Lipinski definition) is 2. The number of nitrogens with two attached hydrogens (primary N) is 1. The van der Waals surface area contributed by atoms with Crippen LogP contribution in [0.2, 0.25) is 0 Å². The average molecular weight is 444 g/mol. The van der Waals surface area contributed by atoms with Gasteiger partial charge in [-0.15, -0.1) is 10.2 Å². The van der Waals surface area contributed by atoms with Crippen molar-refractivity contribution in [2.24, 2.45) is 5.73 Å². The summed E-state index contributed by atoms with van der Waals surface area (Å²) in [7, 11) is 0. The van der Waals surface area contributed by atoms with E-state index in [-0.39, 0.29) is 20.1 Å². The summed E-state index contributed by atoms with van der Waals surface area (Å²) >= 11 is 0. The molecular formula is C23H29N3O4S. The summed E-state index contributed by atoms with van der Waals surface area (Å²) in [5.74, 6) is 2.19. The van der Waals surface area contributed by atoms with Crippen LogP contribution in [0.25, 0.3) is 22.9 Å². The number of aliphatic hydroxyl groups excluding tert-OH is 1. The van der Waals surface area contributed by atoms with Crippen LogP contribution in [0.4, 0.5) is 0 Å². The monoisotopic (exact) mass is 443 g/mol. The SMILES string of the molecule is CCOc1ccc(-c2nnc(-c3ccc4c(c3)C[C@](N)(CO)CC4)o2)cc1OCC.S. The van der Waals surface area contributed by atoms with Crippen LogP contribution >= 0.6 is 13.5 Å². The van der Waals surface area contributed by atoms with Crippen molar-refractivity contribution < 1.29 is 19.0 Å². The molecule has 0 unspecified atom stereocenters. The van der Waals surface area contributed by atoms with Gasteiger partial charge in [0.05, 0.1) is 19.8 Å². The van der Waals surface area contributed by atoms with Crippen molar-refractivity contribution in [1.29, 1.82) is 0 Å². The van der Waals surface area contributed by atoms with E-state index in [0.29, 0.717) is 42.9 Å². The van der Waals surface area contributed by atoms with Crippen molar-refractivity contribution in [3.05, 3.63) is 47.5 Å². The van der Waals surface area contributed by atoms with Gasteiger partial charge in [-0.25, -0.2) is 0 Å². The highest BCUT2D eigenvalue weighted by atomic mass is 32.1. The van der Waals surface area contributed by atoms with Crippen molar-refractivity contribution in [2.75, 3.05) is 19.8 Å². The standard InChI is InChI=1S/C23H27N3O4.H2S/c1-3-28-19-8-7-17(12-20(19)29-4-2)22-26-25-21(30-22)16-6-5-15-9-10-23(24,14-27)13-18(15)11-16;/h5-8,11-12,27H,3-4,9-10,13-14,24H2,1-2H3;1H2/t23-;/m0./s1. The molecule has 8 heteroatoms. The van der Waals surface area contributed by atoms with Gasteiger partial charge < -0.3 is 24.7 Å². The second kappa shape index (κ2) is 9.72. The minimum atomic E-state index is -0.566. The molecule has 2 aromatic carbocycles. The van der Waals surface area contributed by atoms with Crippen LogP contribution < -0.4 is 15.2 Å². The van der Waals surface area contributed by atoms with E-state index in [2.05, 4.69) is 16.3 Å². The van der Waals surface area contributed by atoms with Gasteiger partial charge in [-0.3, -0.25) is 0 Å². The average Bonchev–Trinajstić information content (AvgIpc) is 3.25. The molecule has 1 aliphatic carbocycles. The van der Waals surface area contributed by atoms with E-state index in [0.717, 1.165) is 29.5 Å². The fourth-order valence-electron chi connectivity index (χ4n) is 3.79. The van der Waals surface area contributed by atoms with Gasteiger partial charge in [0.2, 0.25) is 11.8 Å². The Kier molecular flexibility index (Phi) is 7.25. The zero-order valence-electron chi connectivity index (χ0n) is 17.9. The molecule has 0 aliphatic heterocycles. The number of benzene rings is 2. The predicted octanol–water partition coefficient (Wildman–Crippen LogP) is 3.49. The van der Waals surface area contributed by atoms with Crippen LogP contribution in [-0.2, 0) is 12.8 Å². The highest BCUT2D eigenvalue weighted by Crippen LogP contribution is 2.34. The lowest BCUT2D eigenvalue weighted by atomic mass is 9.78. The van der Waals surface area contributed by atoms with E-state index in [9.17, 15) is 5.11 Å². The molecule has 166 valence electrons. The van der Waals surface area contributed by atoms with E-state index in [1.54, 1.807) is 0 Å². The van der Waals surface area contributed by atoms with Gasteiger partial charge in [0.15, 0.2) is 11.5 Å². The normalized spacial score (nSPS) is 17.5. The van der Waals surface area contributed by atoms with Gasteiger partial charge >= 0.3 is 0 Å². The molecule has 3 N–H and O–H groups in total. The number of hydrogen-bond acceptors (Lipinski definition) is 7. The molecular weight excluding hydrogens is 414 g/mol. The van der Waals surface area contributed by atoms with Crippen LogP contribution in [-0.4, -0.2) is 40.7 Å². The summed E-state index contributed by atoms with van der Waals surface area (Å²) in [6.07, 6.45) is 2.26. The summed E-state index contributed by atoms with van der Waals surface area (Å²) in [5.41, 5.74) is 9.70. The number of ether oxygens (including phenoxy) is 2. The molecule has 0 spiro atoms. The van der Waals surface area contributed by atoms with Gasteiger partial charge in [-0.05, 0) is 74.6 Å². The fourth-order valence-corrected chi connectivity index (χ4v) is 3.79. The van der Waals surface area contributed by atoms with Gasteiger partial charge in [-0.1, -0.05) is 6.07 Å². The van der Waals surface area contributed by atoms with E-state index >= 15 is 0 Å². The summed E-state index contributed by atoms with van der Waals surface area (Å²) in [4.78, 5) is 0. The minimum absolute atomic E-state index is 0. The number of aromatic nitrogens is 2. The summed E-state index contributed by atoms with van der Waals surface area (Å²) in [6.45, 7) is 4.92. The lowest BCUT2D eigenvalue weighted by molar-refractivity contribution is 0.181. The maximum absolute atomic E-state index is 9.62. The fraction of sp³-hybridized carbons (Fsp3) is 0.391. The van der Waals surface area contributed by atoms with E-state index in [1.807, 2.05) is 44.2 Å². The third kappa shape index (κ3) is 4.87. The topological polar surface area (TPSA) is 104 Å². The second-order valence-corrected chi connectivity index (χ2v) is 7.62. The zero-order chi connectivity index (χ0) is 21.1. The van der Waals surface area contributed by atoms with Crippen LogP contribution in [0, 0.1) is 0 Å². The quantitative estimate of drug-likeness (QED) is 0.576. The van der Waals surface area contributed by atoms with Gasteiger partial charge in [0, 0.05) is 16.7 Å². The van der Waals surface area contributed by atoms with Crippen molar-refractivity contribution in [3.8, 4) is 34.4 Å². The Bertz CT molecular complexity index is 1040. The first-order chi connectivity index (χ1) is 14.5. The number of aliphatic hydroxyl groups is 1. The molecule has 1 aliphatic rings. The van der Waals surface area contributed by atoms with E-state index in [1.165, 1.54) is 5.56 Å². The number of aryl methyl sites for hydroxylation is 1. The van der Waals surface area contributed by atoms with Crippen molar-refractivity contribution in [1.82, 2.24) is 10.2 Å². The molecule has 0 fully saturated rings. The van der Waals surface area contributed by atoms with Crippen LogP contribution in [0.5, 0.6) is 11.5 Å². The van der Waals surface area contributed by atoms with Crippen LogP contribution in [0.15, 0.2) is 40.8 Å². The number of nitrogens with zero attached hydrogens (tertiary/aromatic N) is 2. The molecule has 0 bridgehead atoms. The van der Waals surface area contributed by atoms with Gasteiger partial charge in [0.25, 0.3) is 0 Å². The predicted molar refractivity (Wildman–Crippen MR) is 124 cm³/mol. The van der Waals surface area contributed by atoms with Crippen LogP contribution in [0.3, 0.4) is 0 Å². The van der Waals surface area contributed by atoms with Crippen molar-refractivity contribution in [2.45, 2.75) is 38.6 Å². The summed E-state index contributed by atoms with van der Waals surface area (Å²) in [5, 5.41) is 18.1. The molecule has 0 saturated heterocycles. The highest BCUT2D eigenvalue weighted by molar-refractivity contribution is 7.59. The number of rotatable bonds is 7. The molecule has 0 radical (unpaired) electrons. The first-order valence-electron chi connectivity index (χ1n) is 10.3.